The van der Waals surface area contributed by atoms with Gasteiger partial charge in [-0.15, -0.1) is 0 Å². The number of anilines is 1. The minimum atomic E-state index is 0.241. The molecule has 2 heterocycles. The number of aromatic nitrogens is 1. The van der Waals surface area contributed by atoms with Crippen LogP contribution < -0.4 is 10.1 Å². The monoisotopic (exact) mass is 290 g/mol. The summed E-state index contributed by atoms with van der Waals surface area (Å²) in [4.78, 5) is 0. The largest absolute Gasteiger partial charge is 0.497 e. The van der Waals surface area contributed by atoms with Gasteiger partial charge >= 0.3 is 0 Å². The third-order valence-electron chi connectivity index (χ3n) is 4.38. The van der Waals surface area contributed by atoms with Crippen LogP contribution in [0.1, 0.15) is 17.0 Å². The van der Waals surface area contributed by atoms with Crippen LogP contribution in [-0.2, 0) is 7.05 Å². The molecule has 1 aromatic heterocycles. The average Bonchev–Trinajstić information content (AvgIpc) is 2.78. The Labute approximate surface area is 129 Å². The zero-order valence-electron chi connectivity index (χ0n) is 12.7. The summed E-state index contributed by atoms with van der Waals surface area (Å²) in [7, 11) is 3.80. The molecule has 1 unspecified atom stereocenters. The van der Waals surface area contributed by atoms with Crippen LogP contribution >= 0.6 is 0 Å². The molecule has 3 aromatic rings. The molecule has 1 atom stereocenters. The molecule has 1 aliphatic heterocycles. The quantitative estimate of drug-likeness (QED) is 0.763. The number of nitrogens with one attached hydrogen (secondary N) is 1. The molecule has 0 saturated carbocycles. The second-order valence-electron chi connectivity index (χ2n) is 5.65. The summed E-state index contributed by atoms with van der Waals surface area (Å²) in [6.07, 6.45) is 6.50. The summed E-state index contributed by atoms with van der Waals surface area (Å²) >= 11 is 0. The van der Waals surface area contributed by atoms with Crippen molar-refractivity contribution in [3.63, 3.8) is 0 Å². The van der Waals surface area contributed by atoms with E-state index in [2.05, 4.69) is 59.5 Å². The molecule has 3 nitrogen and oxygen atoms in total. The first-order valence-corrected chi connectivity index (χ1v) is 7.43. The number of allylic oxidation sites excluding steroid dienone is 1. The van der Waals surface area contributed by atoms with Gasteiger partial charge in [-0.3, -0.25) is 0 Å². The van der Waals surface area contributed by atoms with Crippen molar-refractivity contribution in [2.45, 2.75) is 5.92 Å². The zero-order valence-corrected chi connectivity index (χ0v) is 12.7. The number of hydrogen-bond acceptors (Lipinski definition) is 2. The van der Waals surface area contributed by atoms with Crippen LogP contribution in [0.25, 0.3) is 10.9 Å². The van der Waals surface area contributed by atoms with E-state index in [1.165, 1.54) is 27.7 Å². The van der Waals surface area contributed by atoms with E-state index in [9.17, 15) is 0 Å². The Morgan fingerprint density at radius 2 is 1.91 bits per heavy atom. The van der Waals surface area contributed by atoms with E-state index in [1.807, 2.05) is 18.3 Å². The van der Waals surface area contributed by atoms with Crippen molar-refractivity contribution >= 4 is 16.6 Å². The second-order valence-corrected chi connectivity index (χ2v) is 5.65. The van der Waals surface area contributed by atoms with Crippen LogP contribution in [0.4, 0.5) is 5.69 Å². The fourth-order valence-electron chi connectivity index (χ4n) is 3.28. The predicted molar refractivity (Wildman–Crippen MR) is 90.5 cm³/mol. The Balaban J connectivity index is 1.91. The fourth-order valence-corrected chi connectivity index (χ4v) is 3.28. The normalized spacial score (nSPS) is 16.4. The van der Waals surface area contributed by atoms with Crippen LogP contribution in [0.2, 0.25) is 0 Å². The molecule has 1 N–H and O–H groups in total. The van der Waals surface area contributed by atoms with Crippen molar-refractivity contribution in [1.82, 2.24) is 4.57 Å². The highest BCUT2D eigenvalue weighted by Gasteiger charge is 2.20. The Hall–Kier alpha value is -2.68. The van der Waals surface area contributed by atoms with Crippen LogP contribution in [0.15, 0.2) is 60.9 Å². The van der Waals surface area contributed by atoms with Crippen molar-refractivity contribution in [2.24, 2.45) is 7.05 Å². The third-order valence-corrected chi connectivity index (χ3v) is 4.38. The van der Waals surface area contributed by atoms with Crippen molar-refractivity contribution < 1.29 is 4.74 Å². The van der Waals surface area contributed by atoms with E-state index < -0.39 is 0 Å². The lowest BCUT2D eigenvalue weighted by molar-refractivity contribution is 0.414. The van der Waals surface area contributed by atoms with Gasteiger partial charge in [-0.2, -0.15) is 0 Å². The average molecular weight is 290 g/mol. The molecule has 4 rings (SSSR count). The first kappa shape index (κ1) is 13.0. The number of methoxy groups -OCH3 is 1. The Kier molecular flexibility index (Phi) is 2.93. The molecule has 22 heavy (non-hydrogen) atoms. The van der Waals surface area contributed by atoms with E-state index in [1.54, 1.807) is 7.11 Å². The number of aryl methyl sites for hydroxylation is 1. The van der Waals surface area contributed by atoms with Gasteiger partial charge in [-0.1, -0.05) is 24.3 Å². The molecule has 0 amide bonds. The van der Waals surface area contributed by atoms with E-state index in [-0.39, 0.29) is 5.92 Å². The molecule has 0 spiro atoms. The highest BCUT2D eigenvalue weighted by atomic mass is 16.5. The fraction of sp³-hybridized carbons (Fsp3) is 0.158. The van der Waals surface area contributed by atoms with Gasteiger partial charge in [0.05, 0.1) is 12.6 Å². The van der Waals surface area contributed by atoms with Crippen LogP contribution in [-0.4, -0.2) is 11.7 Å². The van der Waals surface area contributed by atoms with E-state index >= 15 is 0 Å². The van der Waals surface area contributed by atoms with E-state index in [0.717, 1.165) is 5.75 Å². The van der Waals surface area contributed by atoms with Gasteiger partial charge in [0.25, 0.3) is 0 Å². The topological polar surface area (TPSA) is 26.2 Å². The van der Waals surface area contributed by atoms with Gasteiger partial charge in [0, 0.05) is 30.2 Å². The van der Waals surface area contributed by atoms with Crippen molar-refractivity contribution in [3.8, 4) is 5.75 Å². The van der Waals surface area contributed by atoms with Crippen molar-refractivity contribution in [3.05, 3.63) is 72.1 Å². The van der Waals surface area contributed by atoms with E-state index in [0.29, 0.717) is 0 Å². The number of nitrogens with zero attached hydrogens (tertiary/aromatic N) is 1. The Bertz CT molecular complexity index is 859. The summed E-state index contributed by atoms with van der Waals surface area (Å²) in [6.45, 7) is 0. The predicted octanol–water partition coefficient (Wildman–Crippen LogP) is 4.26. The van der Waals surface area contributed by atoms with E-state index in [4.69, 9.17) is 4.74 Å². The SMILES string of the molecule is COc1ccc(C2C=CNc3cccc4c3c2cn4C)cc1. The second kappa shape index (κ2) is 4.95. The van der Waals surface area contributed by atoms with Gasteiger partial charge in [0.15, 0.2) is 0 Å². The van der Waals surface area contributed by atoms with Gasteiger partial charge in [-0.25, -0.2) is 0 Å². The summed E-state index contributed by atoms with van der Waals surface area (Å²) < 4.78 is 7.46. The summed E-state index contributed by atoms with van der Waals surface area (Å²) in [5, 5.41) is 4.71. The van der Waals surface area contributed by atoms with Gasteiger partial charge < -0.3 is 14.6 Å². The smallest absolute Gasteiger partial charge is 0.118 e. The number of rotatable bonds is 2. The maximum absolute atomic E-state index is 5.26. The molecular formula is C19H18N2O. The minimum absolute atomic E-state index is 0.241. The lowest BCUT2D eigenvalue weighted by atomic mass is 9.91. The summed E-state index contributed by atoms with van der Waals surface area (Å²) in [5.41, 5.74) is 5.02. The van der Waals surface area contributed by atoms with Crippen molar-refractivity contribution in [2.75, 3.05) is 12.4 Å². The molecule has 1 aliphatic rings. The van der Waals surface area contributed by atoms with Gasteiger partial charge in [0.1, 0.15) is 5.75 Å². The molecule has 0 saturated heterocycles. The lowest BCUT2D eigenvalue weighted by Gasteiger charge is -2.12. The summed E-state index contributed by atoms with van der Waals surface area (Å²) in [6, 6.07) is 14.7. The molecule has 0 radical (unpaired) electrons. The number of benzene rings is 2. The third kappa shape index (κ3) is 1.90. The molecular weight excluding hydrogens is 272 g/mol. The number of ether oxygens (including phenoxy) is 1. The van der Waals surface area contributed by atoms with Crippen LogP contribution in [0.5, 0.6) is 5.75 Å². The van der Waals surface area contributed by atoms with Crippen LogP contribution in [0, 0.1) is 0 Å². The molecule has 0 fully saturated rings. The summed E-state index contributed by atoms with van der Waals surface area (Å²) in [5.74, 6) is 1.13. The Morgan fingerprint density at radius 3 is 2.68 bits per heavy atom. The Morgan fingerprint density at radius 1 is 1.09 bits per heavy atom. The van der Waals surface area contributed by atoms with Crippen LogP contribution in [0.3, 0.4) is 0 Å². The first-order chi connectivity index (χ1) is 10.8. The maximum Gasteiger partial charge on any atom is 0.118 e. The lowest BCUT2D eigenvalue weighted by Crippen LogP contribution is -1.97. The molecule has 0 bridgehead atoms. The highest BCUT2D eigenvalue weighted by molar-refractivity contribution is 5.97. The maximum atomic E-state index is 5.26. The zero-order chi connectivity index (χ0) is 15.1. The standard InChI is InChI=1S/C19H18N2O/c1-21-12-16-15(13-6-8-14(22-2)9-7-13)10-11-20-17-4-3-5-18(21)19(16)17/h3-12,15,20H,1-2H3. The molecule has 2 aromatic carbocycles. The van der Waals surface area contributed by atoms with Crippen molar-refractivity contribution in [1.29, 1.82) is 0 Å². The molecule has 3 heteroatoms. The number of hydrogen-bond donors (Lipinski definition) is 1. The highest BCUT2D eigenvalue weighted by Crippen LogP contribution is 2.39. The van der Waals surface area contributed by atoms with Gasteiger partial charge in [0.2, 0.25) is 0 Å². The van der Waals surface area contributed by atoms with Gasteiger partial charge in [-0.05, 0) is 41.6 Å². The molecule has 0 aliphatic carbocycles. The molecule has 110 valence electrons. The first-order valence-electron chi connectivity index (χ1n) is 7.43. The minimum Gasteiger partial charge on any atom is -0.497 e.